The van der Waals surface area contributed by atoms with Crippen LogP contribution >= 0.6 is 0 Å². The van der Waals surface area contributed by atoms with Gasteiger partial charge in [0, 0.05) is 23.1 Å². The zero-order chi connectivity index (χ0) is 19.1. The molecule has 3 rings (SSSR count). The van der Waals surface area contributed by atoms with Gasteiger partial charge < -0.3 is 10.6 Å². The number of aromatic nitrogens is 2. The highest BCUT2D eigenvalue weighted by molar-refractivity contribution is 5.95. The Hall–Kier alpha value is -2.99. The molecule has 140 valence electrons. The van der Waals surface area contributed by atoms with Crippen molar-refractivity contribution in [2.45, 2.75) is 25.7 Å². The van der Waals surface area contributed by atoms with Gasteiger partial charge in [-0.15, -0.1) is 0 Å². The van der Waals surface area contributed by atoms with Gasteiger partial charge in [0.25, 0.3) is 5.56 Å². The van der Waals surface area contributed by atoms with Crippen molar-refractivity contribution in [2.75, 3.05) is 18.9 Å². The number of hydrogen-bond acceptors (Lipinski definition) is 4. The molecule has 27 heavy (non-hydrogen) atoms. The van der Waals surface area contributed by atoms with Crippen molar-refractivity contribution in [1.29, 1.82) is 0 Å². The molecular formula is C21H24N4O2. The zero-order valence-electron chi connectivity index (χ0n) is 15.4. The number of unbranched alkanes of at least 4 members (excludes halogenated alkanes) is 2. The fourth-order valence-electron chi connectivity index (χ4n) is 3.07. The summed E-state index contributed by atoms with van der Waals surface area (Å²) in [5.41, 5.74) is 2.05. The maximum absolute atomic E-state index is 12.2. The summed E-state index contributed by atoms with van der Waals surface area (Å²) >= 11 is 0. The van der Waals surface area contributed by atoms with Gasteiger partial charge in [0.1, 0.15) is 0 Å². The molecule has 0 saturated carbocycles. The third kappa shape index (κ3) is 4.80. The number of fused-ring (bicyclic) bond motifs is 1. The number of hydrogen-bond donors (Lipinski definition) is 3. The highest BCUT2D eigenvalue weighted by Crippen LogP contribution is 2.26. The van der Waals surface area contributed by atoms with Gasteiger partial charge in [0.2, 0.25) is 5.91 Å². The van der Waals surface area contributed by atoms with Gasteiger partial charge in [-0.05, 0) is 44.6 Å². The Morgan fingerprint density at radius 3 is 2.67 bits per heavy atom. The molecular weight excluding hydrogens is 340 g/mol. The van der Waals surface area contributed by atoms with Crippen molar-refractivity contribution in [3.8, 4) is 11.3 Å². The number of aromatic amines is 1. The van der Waals surface area contributed by atoms with Crippen LogP contribution in [0.15, 0.2) is 53.3 Å². The molecule has 0 radical (unpaired) electrons. The number of carbonyl (C=O) groups is 1. The average Bonchev–Trinajstić information content (AvgIpc) is 2.68. The maximum Gasteiger partial charge on any atom is 0.272 e. The minimum absolute atomic E-state index is 0.0101. The average molecular weight is 364 g/mol. The SMILES string of the molecule is CNCCCCCC(=O)Nc1cccc(-c2n[nH]c(=O)c3ccccc23)c1. The lowest BCUT2D eigenvalue weighted by atomic mass is 10.0. The lowest BCUT2D eigenvalue weighted by Crippen LogP contribution is -2.12. The van der Waals surface area contributed by atoms with E-state index in [2.05, 4.69) is 20.8 Å². The lowest BCUT2D eigenvalue weighted by Gasteiger charge is -2.09. The van der Waals surface area contributed by atoms with Crippen molar-refractivity contribution in [1.82, 2.24) is 15.5 Å². The van der Waals surface area contributed by atoms with Crippen LogP contribution in [0.3, 0.4) is 0 Å². The predicted molar refractivity (Wildman–Crippen MR) is 109 cm³/mol. The van der Waals surface area contributed by atoms with E-state index in [4.69, 9.17) is 0 Å². The molecule has 1 heterocycles. The maximum atomic E-state index is 12.2. The number of rotatable bonds is 8. The molecule has 0 unspecified atom stereocenters. The molecule has 0 aliphatic carbocycles. The molecule has 0 atom stereocenters. The fraction of sp³-hybridized carbons (Fsp3) is 0.286. The second kappa shape index (κ2) is 9.09. The highest BCUT2D eigenvalue weighted by atomic mass is 16.1. The van der Waals surface area contributed by atoms with Crippen LogP contribution in [0.25, 0.3) is 22.0 Å². The van der Waals surface area contributed by atoms with E-state index < -0.39 is 0 Å². The Kier molecular flexibility index (Phi) is 6.33. The zero-order valence-corrected chi connectivity index (χ0v) is 15.4. The van der Waals surface area contributed by atoms with E-state index >= 15 is 0 Å². The van der Waals surface area contributed by atoms with Crippen molar-refractivity contribution in [3.05, 3.63) is 58.9 Å². The van der Waals surface area contributed by atoms with Crippen LogP contribution in [0.5, 0.6) is 0 Å². The monoisotopic (exact) mass is 364 g/mol. The molecule has 0 aliphatic heterocycles. The molecule has 0 saturated heterocycles. The van der Waals surface area contributed by atoms with Gasteiger partial charge in [0.05, 0.1) is 11.1 Å². The number of nitrogens with zero attached hydrogens (tertiary/aromatic N) is 1. The van der Waals surface area contributed by atoms with Crippen molar-refractivity contribution in [3.63, 3.8) is 0 Å². The highest BCUT2D eigenvalue weighted by Gasteiger charge is 2.09. The van der Waals surface area contributed by atoms with Gasteiger partial charge in [-0.1, -0.05) is 36.8 Å². The van der Waals surface area contributed by atoms with Crippen LogP contribution in [0.2, 0.25) is 0 Å². The number of anilines is 1. The van der Waals surface area contributed by atoms with E-state index in [1.807, 2.05) is 49.5 Å². The third-order valence-corrected chi connectivity index (χ3v) is 4.45. The van der Waals surface area contributed by atoms with Gasteiger partial charge in [-0.25, -0.2) is 5.10 Å². The summed E-state index contributed by atoms with van der Waals surface area (Å²) in [6.07, 6.45) is 3.49. The van der Waals surface area contributed by atoms with E-state index in [1.165, 1.54) is 0 Å². The molecule has 3 N–H and O–H groups in total. The summed E-state index contributed by atoms with van der Waals surface area (Å²) in [6, 6.07) is 14.9. The molecule has 0 spiro atoms. The second-order valence-corrected chi connectivity index (χ2v) is 6.49. The summed E-state index contributed by atoms with van der Waals surface area (Å²) in [5, 5.41) is 14.2. The van der Waals surface area contributed by atoms with Crippen LogP contribution in [0.1, 0.15) is 25.7 Å². The molecule has 0 bridgehead atoms. The first-order chi connectivity index (χ1) is 13.2. The Morgan fingerprint density at radius 1 is 1.04 bits per heavy atom. The number of carbonyl (C=O) groups excluding carboxylic acids is 1. The van der Waals surface area contributed by atoms with Crippen molar-refractivity contribution >= 4 is 22.4 Å². The smallest absolute Gasteiger partial charge is 0.272 e. The first-order valence-electron chi connectivity index (χ1n) is 9.21. The van der Waals surface area contributed by atoms with E-state index in [9.17, 15) is 9.59 Å². The van der Waals surface area contributed by atoms with E-state index in [0.29, 0.717) is 17.5 Å². The summed E-state index contributed by atoms with van der Waals surface area (Å²) in [6.45, 7) is 0.976. The minimum Gasteiger partial charge on any atom is -0.326 e. The van der Waals surface area contributed by atoms with Crippen molar-refractivity contribution < 1.29 is 4.79 Å². The van der Waals surface area contributed by atoms with Gasteiger partial charge in [0.15, 0.2) is 0 Å². The standard InChI is InChI=1S/C21H24N4O2/c1-22-13-6-2-3-12-19(26)23-16-9-7-8-15(14-16)20-17-10-4-5-11-18(17)21(27)25-24-20/h4-5,7-11,14,22H,2-3,6,12-13H2,1H3,(H,23,26)(H,25,27). The van der Waals surface area contributed by atoms with Crippen LogP contribution in [0.4, 0.5) is 5.69 Å². The largest absolute Gasteiger partial charge is 0.326 e. The Balaban J connectivity index is 1.74. The van der Waals surface area contributed by atoms with E-state index in [1.54, 1.807) is 6.07 Å². The quantitative estimate of drug-likeness (QED) is 0.535. The lowest BCUT2D eigenvalue weighted by molar-refractivity contribution is -0.116. The number of nitrogens with one attached hydrogen (secondary N) is 3. The molecule has 2 aromatic carbocycles. The molecule has 1 aromatic heterocycles. The van der Waals surface area contributed by atoms with E-state index in [0.717, 1.165) is 42.4 Å². The third-order valence-electron chi connectivity index (χ3n) is 4.45. The Bertz CT molecular complexity index is 981. The molecule has 6 heteroatoms. The normalized spacial score (nSPS) is 10.9. The molecule has 3 aromatic rings. The molecule has 0 aliphatic rings. The minimum atomic E-state index is -0.211. The van der Waals surface area contributed by atoms with Crippen LogP contribution in [-0.2, 0) is 4.79 Å². The van der Waals surface area contributed by atoms with Gasteiger partial charge in [-0.2, -0.15) is 5.10 Å². The Morgan fingerprint density at radius 2 is 1.85 bits per heavy atom. The van der Waals surface area contributed by atoms with Gasteiger partial charge >= 0.3 is 0 Å². The van der Waals surface area contributed by atoms with Crippen LogP contribution < -0.4 is 16.2 Å². The first kappa shape index (κ1) is 18.8. The molecule has 6 nitrogen and oxygen atoms in total. The number of H-pyrrole nitrogens is 1. The summed E-state index contributed by atoms with van der Waals surface area (Å²) in [4.78, 5) is 24.1. The van der Waals surface area contributed by atoms with Crippen LogP contribution in [-0.4, -0.2) is 29.7 Å². The number of amides is 1. The Labute approximate surface area is 158 Å². The van der Waals surface area contributed by atoms with Crippen molar-refractivity contribution in [2.24, 2.45) is 0 Å². The van der Waals surface area contributed by atoms with Gasteiger partial charge in [-0.3, -0.25) is 9.59 Å². The molecule has 1 amide bonds. The molecule has 0 fully saturated rings. The second-order valence-electron chi connectivity index (χ2n) is 6.49. The predicted octanol–water partition coefficient (Wildman–Crippen LogP) is 3.31. The first-order valence-corrected chi connectivity index (χ1v) is 9.21. The van der Waals surface area contributed by atoms with E-state index in [-0.39, 0.29) is 11.5 Å². The van der Waals surface area contributed by atoms with Crippen LogP contribution in [0, 0.1) is 0 Å². The summed E-state index contributed by atoms with van der Waals surface area (Å²) in [5.74, 6) is 0.0101. The summed E-state index contributed by atoms with van der Waals surface area (Å²) in [7, 11) is 1.93. The number of benzene rings is 2. The topological polar surface area (TPSA) is 86.9 Å². The summed E-state index contributed by atoms with van der Waals surface area (Å²) < 4.78 is 0. The fourth-order valence-corrected chi connectivity index (χ4v) is 3.07.